The Kier molecular flexibility index (Phi) is 2.58. The lowest BCUT2D eigenvalue weighted by atomic mass is 9.92. The number of carbonyl (C=O) groups is 1. The maximum Gasteiger partial charge on any atom is 0.351 e. The zero-order valence-corrected chi connectivity index (χ0v) is 9.70. The van der Waals surface area contributed by atoms with Gasteiger partial charge in [0.15, 0.2) is 0 Å². The van der Waals surface area contributed by atoms with Crippen LogP contribution in [0.15, 0.2) is 17.7 Å². The molecule has 0 aromatic carbocycles. The van der Waals surface area contributed by atoms with Crippen LogP contribution in [-0.2, 0) is 14.4 Å². The first-order valence-electron chi connectivity index (χ1n) is 5.64. The van der Waals surface area contributed by atoms with E-state index in [9.17, 15) is 4.79 Å². The highest BCUT2D eigenvalue weighted by Gasteiger charge is 2.45. The first-order chi connectivity index (χ1) is 8.81. The van der Waals surface area contributed by atoms with E-state index in [-0.39, 0.29) is 5.92 Å². The van der Waals surface area contributed by atoms with Crippen LogP contribution in [0, 0.1) is 5.92 Å². The summed E-state index contributed by atoms with van der Waals surface area (Å²) in [6.45, 7) is 2.35. The van der Waals surface area contributed by atoms with E-state index in [4.69, 9.17) is 14.3 Å². The van der Waals surface area contributed by atoms with E-state index in [1.807, 2.05) is 0 Å². The number of hydrogen-bond donors (Lipinski definition) is 0. The zero-order valence-electron chi connectivity index (χ0n) is 9.70. The van der Waals surface area contributed by atoms with Crippen LogP contribution in [0.1, 0.15) is 12.5 Å². The molecule has 3 rings (SSSR count). The molecular weight excluding hydrogens is 238 g/mol. The van der Waals surface area contributed by atoms with Gasteiger partial charge in [-0.15, -0.1) is 0 Å². The summed E-state index contributed by atoms with van der Waals surface area (Å²) in [7, 11) is 0. The van der Waals surface area contributed by atoms with E-state index < -0.39 is 12.1 Å². The van der Waals surface area contributed by atoms with Gasteiger partial charge in [-0.2, -0.15) is 0 Å². The molecule has 0 saturated heterocycles. The summed E-state index contributed by atoms with van der Waals surface area (Å²) >= 11 is 0. The molecule has 0 fully saturated rings. The molecule has 2 aliphatic heterocycles. The highest BCUT2D eigenvalue weighted by molar-refractivity contribution is 6.07. The third-order valence-electron chi connectivity index (χ3n) is 2.85. The Bertz CT molecular complexity index is 517. The first kappa shape index (κ1) is 10.9. The third-order valence-corrected chi connectivity index (χ3v) is 2.85. The van der Waals surface area contributed by atoms with E-state index in [0.717, 1.165) is 0 Å². The van der Waals surface area contributed by atoms with Crippen LogP contribution in [0.3, 0.4) is 0 Å². The Morgan fingerprint density at radius 1 is 1.61 bits per heavy atom. The molecule has 1 aromatic heterocycles. The predicted molar refractivity (Wildman–Crippen MR) is 59.1 cm³/mol. The van der Waals surface area contributed by atoms with E-state index >= 15 is 0 Å². The van der Waals surface area contributed by atoms with Gasteiger partial charge in [0, 0.05) is 6.20 Å². The Balaban J connectivity index is 1.87. The first-order valence-corrected chi connectivity index (χ1v) is 5.64. The monoisotopic (exact) mass is 249 g/mol. The number of oxime groups is 1. The normalized spacial score (nSPS) is 24.2. The largest absolute Gasteiger partial charge is 0.476 e. The molecule has 0 amide bonds. The lowest BCUT2D eigenvalue weighted by Gasteiger charge is -2.22. The fourth-order valence-corrected chi connectivity index (χ4v) is 2.02. The second-order valence-electron chi connectivity index (χ2n) is 3.91. The van der Waals surface area contributed by atoms with Crippen molar-refractivity contribution in [3.8, 4) is 5.88 Å². The van der Waals surface area contributed by atoms with E-state index in [1.54, 1.807) is 13.1 Å². The average molecular weight is 249 g/mol. The van der Waals surface area contributed by atoms with Crippen molar-refractivity contribution in [1.82, 2.24) is 9.97 Å². The molecular formula is C11H11N3O4. The van der Waals surface area contributed by atoms with Crippen LogP contribution in [-0.4, -0.2) is 41.0 Å². The summed E-state index contributed by atoms with van der Waals surface area (Å²) in [5, 5.41) is 3.94. The van der Waals surface area contributed by atoms with Gasteiger partial charge in [0.05, 0.1) is 18.1 Å². The summed E-state index contributed by atoms with van der Waals surface area (Å²) in [6, 6.07) is 0. The van der Waals surface area contributed by atoms with Gasteiger partial charge in [0.1, 0.15) is 18.6 Å². The molecule has 0 radical (unpaired) electrons. The van der Waals surface area contributed by atoms with Gasteiger partial charge >= 0.3 is 5.97 Å². The summed E-state index contributed by atoms with van der Waals surface area (Å²) in [5.74, 6) is -0.221. The number of carbonyl (C=O) groups excluding carboxylic acids is 1. The van der Waals surface area contributed by atoms with E-state index in [2.05, 4.69) is 15.1 Å². The maximum atomic E-state index is 11.7. The quantitative estimate of drug-likeness (QED) is 0.694. The third kappa shape index (κ3) is 1.59. The molecule has 0 spiro atoms. The molecule has 2 atom stereocenters. The van der Waals surface area contributed by atoms with Crippen molar-refractivity contribution in [3.63, 3.8) is 0 Å². The molecule has 94 valence electrons. The van der Waals surface area contributed by atoms with E-state index in [1.165, 1.54) is 6.33 Å². The number of fused-ring (bicyclic) bond motifs is 3. The van der Waals surface area contributed by atoms with Crippen LogP contribution in [0.2, 0.25) is 0 Å². The standard InChI is InChI=1S/C11H11N3O4/c1-2-16-11(15)9-7-4-17-10-6(3-12-5-13-10)8(7)14-18-9/h3,5,7,9H,2,4H2,1H3. The second kappa shape index (κ2) is 4.25. The van der Waals surface area contributed by atoms with Gasteiger partial charge in [-0.3, -0.25) is 0 Å². The smallest absolute Gasteiger partial charge is 0.351 e. The van der Waals surface area contributed by atoms with Gasteiger partial charge < -0.3 is 14.3 Å². The Morgan fingerprint density at radius 2 is 2.50 bits per heavy atom. The Labute approximate surface area is 103 Å². The lowest BCUT2D eigenvalue weighted by Crippen LogP contribution is -2.39. The van der Waals surface area contributed by atoms with Crippen LogP contribution in [0.4, 0.5) is 0 Å². The van der Waals surface area contributed by atoms with Crippen molar-refractivity contribution in [2.24, 2.45) is 11.1 Å². The Hall–Kier alpha value is -2.18. The van der Waals surface area contributed by atoms with Crippen molar-refractivity contribution < 1.29 is 19.1 Å². The second-order valence-corrected chi connectivity index (χ2v) is 3.91. The van der Waals surface area contributed by atoms with Crippen LogP contribution < -0.4 is 4.74 Å². The SMILES string of the molecule is CCOC(=O)C1ON=C2c3cncnc3OCC21. The topological polar surface area (TPSA) is 82.9 Å². The molecule has 7 heteroatoms. The van der Waals surface area contributed by atoms with Crippen molar-refractivity contribution in [2.75, 3.05) is 13.2 Å². The summed E-state index contributed by atoms with van der Waals surface area (Å²) in [4.78, 5) is 24.8. The van der Waals surface area contributed by atoms with Crippen molar-refractivity contribution >= 4 is 11.7 Å². The van der Waals surface area contributed by atoms with Gasteiger partial charge in [-0.05, 0) is 6.92 Å². The van der Waals surface area contributed by atoms with Gasteiger partial charge in [-0.1, -0.05) is 5.16 Å². The molecule has 0 aliphatic carbocycles. The van der Waals surface area contributed by atoms with Gasteiger partial charge in [-0.25, -0.2) is 14.8 Å². The highest BCUT2D eigenvalue weighted by atomic mass is 16.7. The van der Waals surface area contributed by atoms with Crippen molar-refractivity contribution in [2.45, 2.75) is 13.0 Å². The highest BCUT2D eigenvalue weighted by Crippen LogP contribution is 2.32. The predicted octanol–water partition coefficient (Wildman–Crippen LogP) is 0.151. The number of hydrogen-bond acceptors (Lipinski definition) is 7. The molecule has 7 nitrogen and oxygen atoms in total. The summed E-state index contributed by atoms with van der Waals surface area (Å²) in [5.41, 5.74) is 1.32. The minimum absolute atomic E-state index is 0.262. The number of ether oxygens (including phenoxy) is 2. The summed E-state index contributed by atoms with van der Waals surface area (Å²) in [6.07, 6.45) is 2.26. The molecule has 18 heavy (non-hydrogen) atoms. The van der Waals surface area contributed by atoms with Gasteiger partial charge in [0.2, 0.25) is 12.0 Å². The minimum atomic E-state index is -0.742. The zero-order chi connectivity index (χ0) is 12.5. The van der Waals surface area contributed by atoms with Crippen molar-refractivity contribution in [1.29, 1.82) is 0 Å². The molecule has 0 N–H and O–H groups in total. The average Bonchev–Trinajstić information content (AvgIpc) is 2.83. The van der Waals surface area contributed by atoms with Crippen molar-refractivity contribution in [3.05, 3.63) is 18.1 Å². The molecule has 3 heterocycles. The Morgan fingerprint density at radius 3 is 3.33 bits per heavy atom. The number of rotatable bonds is 2. The summed E-state index contributed by atoms with van der Waals surface area (Å²) < 4.78 is 10.4. The molecule has 0 saturated carbocycles. The van der Waals surface area contributed by atoms with Gasteiger partial charge in [0.25, 0.3) is 0 Å². The van der Waals surface area contributed by atoms with Crippen LogP contribution in [0.25, 0.3) is 0 Å². The van der Waals surface area contributed by atoms with Crippen LogP contribution in [0.5, 0.6) is 5.88 Å². The fraction of sp³-hybridized carbons (Fsp3) is 0.455. The fourth-order valence-electron chi connectivity index (χ4n) is 2.02. The molecule has 2 unspecified atom stereocenters. The van der Waals surface area contributed by atoms with E-state index in [0.29, 0.717) is 30.4 Å². The molecule has 2 aliphatic rings. The molecule has 1 aromatic rings. The number of aromatic nitrogens is 2. The van der Waals surface area contributed by atoms with Crippen LogP contribution >= 0.6 is 0 Å². The minimum Gasteiger partial charge on any atom is -0.476 e. The number of esters is 1. The number of nitrogens with zero attached hydrogens (tertiary/aromatic N) is 3. The molecule has 0 bridgehead atoms. The lowest BCUT2D eigenvalue weighted by molar-refractivity contribution is -0.157. The maximum absolute atomic E-state index is 11.7.